The van der Waals surface area contributed by atoms with Crippen LogP contribution < -0.4 is 16.5 Å². The number of aliphatic hydroxyl groups is 1. The molecule has 282 valence electrons. The fourth-order valence-corrected chi connectivity index (χ4v) is 6.67. The second-order valence-corrected chi connectivity index (χ2v) is 16.1. The third-order valence-electron chi connectivity index (χ3n) is 9.35. The Morgan fingerprint density at radius 1 is 0.885 bits per heavy atom. The largest absolute Gasteiger partial charge is 0.465 e. The second-order valence-electron chi connectivity index (χ2n) is 14.6. The van der Waals surface area contributed by atoms with Gasteiger partial charge in [0, 0.05) is 29.6 Å². The van der Waals surface area contributed by atoms with Crippen LogP contribution in [-0.4, -0.2) is 86.3 Å². The van der Waals surface area contributed by atoms with Crippen LogP contribution in [0, 0.1) is 11.3 Å². The number of aromatic nitrogens is 1. The maximum atomic E-state index is 14.0. The number of aliphatic hydroxyl groups excluding tert-OH is 1. The van der Waals surface area contributed by atoms with Crippen molar-refractivity contribution in [1.82, 2.24) is 20.5 Å². The van der Waals surface area contributed by atoms with Crippen LogP contribution in [0.1, 0.15) is 58.6 Å². The van der Waals surface area contributed by atoms with E-state index in [2.05, 4.69) is 20.5 Å². The molecule has 1 aromatic heterocycles. The number of thioether (sulfide) groups is 1. The van der Waals surface area contributed by atoms with Gasteiger partial charge in [-0.15, -0.1) is 0 Å². The van der Waals surface area contributed by atoms with E-state index in [1.807, 2.05) is 93.6 Å². The van der Waals surface area contributed by atoms with E-state index in [0.717, 1.165) is 27.3 Å². The number of carbonyl (C=O) groups excluding carboxylic acids is 3. The quantitative estimate of drug-likeness (QED) is 0.120. The molecule has 0 spiro atoms. The molecule has 0 saturated heterocycles. The first-order valence-electron chi connectivity index (χ1n) is 17.2. The highest BCUT2D eigenvalue weighted by molar-refractivity contribution is 8.00. The smallest absolute Gasteiger partial charge is 0.407 e. The van der Waals surface area contributed by atoms with E-state index in [0.29, 0.717) is 6.42 Å². The van der Waals surface area contributed by atoms with Gasteiger partial charge >= 0.3 is 12.1 Å². The zero-order chi connectivity index (χ0) is 38.6. The number of nitrogens with one attached hydrogen (secondary N) is 2. The normalized spacial score (nSPS) is 14.6. The maximum Gasteiger partial charge on any atom is 0.407 e. The number of carbonyl (C=O) groups is 4. The third-order valence-corrected chi connectivity index (χ3v) is 10.6. The number of rotatable bonds is 17. The molecule has 2 aromatic carbocycles. The molecule has 0 aliphatic heterocycles. The van der Waals surface area contributed by atoms with Crippen LogP contribution in [0.25, 0.3) is 11.3 Å². The zero-order valence-electron chi connectivity index (χ0n) is 31.0. The molecule has 12 nitrogen and oxygen atoms in total. The molecular weight excluding hydrogens is 683 g/mol. The number of pyridine rings is 1. The van der Waals surface area contributed by atoms with Crippen LogP contribution in [0.3, 0.4) is 0 Å². The number of nitrogens with two attached hydrogens (primary N) is 1. The molecule has 3 amide bonds. The van der Waals surface area contributed by atoms with E-state index in [4.69, 9.17) is 5.90 Å². The van der Waals surface area contributed by atoms with Crippen molar-refractivity contribution >= 4 is 35.6 Å². The molecule has 13 heteroatoms. The van der Waals surface area contributed by atoms with Crippen molar-refractivity contribution in [2.24, 2.45) is 17.2 Å². The molecular formula is C39H53N5O7S. The van der Waals surface area contributed by atoms with Crippen LogP contribution in [0.4, 0.5) is 4.79 Å². The number of likely N-dealkylation sites (N-methyl/N-ethyl adjacent to an activating group) is 1. The number of hydrogen-bond acceptors (Lipinski definition) is 9. The average Bonchev–Trinajstić information content (AvgIpc) is 3.10. The predicted molar refractivity (Wildman–Crippen MR) is 203 cm³/mol. The van der Waals surface area contributed by atoms with Gasteiger partial charge in [0.2, 0.25) is 11.8 Å². The summed E-state index contributed by atoms with van der Waals surface area (Å²) >= 11 is 1.36. The van der Waals surface area contributed by atoms with E-state index >= 15 is 0 Å². The van der Waals surface area contributed by atoms with Crippen molar-refractivity contribution in [2.45, 2.75) is 89.3 Å². The first kappa shape index (κ1) is 42.0. The summed E-state index contributed by atoms with van der Waals surface area (Å²) in [6.45, 7) is 9.11. The number of carboxylic acid groups (broad SMARTS) is 1. The van der Waals surface area contributed by atoms with E-state index in [9.17, 15) is 29.4 Å². The topological polar surface area (TPSA) is 184 Å². The van der Waals surface area contributed by atoms with Gasteiger partial charge in [-0.25, -0.2) is 4.79 Å². The van der Waals surface area contributed by atoms with Gasteiger partial charge < -0.3 is 25.7 Å². The summed E-state index contributed by atoms with van der Waals surface area (Å²) in [6, 6.07) is 20.2. The molecule has 0 aliphatic rings. The number of hydrogen-bond donors (Lipinski definition) is 5. The summed E-state index contributed by atoms with van der Waals surface area (Å²) < 4.78 is -0.802. The average molecular weight is 736 g/mol. The zero-order valence-corrected chi connectivity index (χ0v) is 31.9. The van der Waals surface area contributed by atoms with Crippen LogP contribution in [-0.2, 0) is 32.1 Å². The molecule has 1 heterocycles. The van der Waals surface area contributed by atoms with Gasteiger partial charge in [-0.05, 0) is 68.0 Å². The van der Waals surface area contributed by atoms with Crippen molar-refractivity contribution in [3.05, 3.63) is 90.1 Å². The lowest BCUT2D eigenvalue weighted by Gasteiger charge is -2.38. The van der Waals surface area contributed by atoms with Crippen molar-refractivity contribution in [1.29, 1.82) is 0 Å². The molecule has 0 bridgehead atoms. The number of amides is 3. The van der Waals surface area contributed by atoms with Crippen molar-refractivity contribution < 1.29 is 34.2 Å². The van der Waals surface area contributed by atoms with E-state index < -0.39 is 64.2 Å². The standard InChI is InChI=1S/C39H53N5O7S/c1-38(2,3)29(24-33(46)51-40)35(47)42-28(21-26-16-18-27(19-17-26)30-15-11-12-20-41-30)23-32(45)31(22-25-13-9-8-10-14-25)43-36(48)34(39(4,5)52-7)44(6)37(49)50/h8-20,28-29,31-32,34,45H,21-24,40H2,1-7H3,(H,42,47)(H,43,48)(H,49,50)/t28-,29+,31-,32-,34+/m0/s1. The second kappa shape index (κ2) is 18.9. The summed E-state index contributed by atoms with van der Waals surface area (Å²) in [7, 11) is 1.35. The minimum atomic E-state index is -1.26. The molecule has 5 atom stereocenters. The van der Waals surface area contributed by atoms with E-state index in [1.54, 1.807) is 26.3 Å². The van der Waals surface area contributed by atoms with Crippen molar-refractivity contribution in [2.75, 3.05) is 13.3 Å². The Hall–Kier alpha value is -4.46. The fraction of sp³-hybridized carbons (Fsp3) is 0.462. The number of nitrogens with zero attached hydrogens (tertiary/aromatic N) is 2. The third kappa shape index (κ3) is 12.1. The van der Waals surface area contributed by atoms with Gasteiger partial charge in [-0.2, -0.15) is 17.7 Å². The molecule has 0 radical (unpaired) electrons. The maximum absolute atomic E-state index is 14.0. The first-order chi connectivity index (χ1) is 24.5. The van der Waals surface area contributed by atoms with E-state index in [-0.39, 0.29) is 19.3 Å². The monoisotopic (exact) mass is 735 g/mol. The van der Waals surface area contributed by atoms with Crippen molar-refractivity contribution in [3.63, 3.8) is 0 Å². The Morgan fingerprint density at radius 2 is 1.50 bits per heavy atom. The van der Waals surface area contributed by atoms with Gasteiger partial charge in [-0.3, -0.25) is 24.3 Å². The van der Waals surface area contributed by atoms with Crippen molar-refractivity contribution in [3.8, 4) is 11.3 Å². The summed E-state index contributed by atoms with van der Waals surface area (Å²) in [6.07, 6.45) is 1.43. The fourth-order valence-electron chi connectivity index (χ4n) is 6.18. The molecule has 0 aliphatic carbocycles. The summed E-state index contributed by atoms with van der Waals surface area (Å²) in [5, 5.41) is 27.8. The minimum Gasteiger partial charge on any atom is -0.465 e. The summed E-state index contributed by atoms with van der Waals surface area (Å²) in [5.74, 6) is 2.64. The Bertz CT molecular complexity index is 1620. The summed E-state index contributed by atoms with van der Waals surface area (Å²) in [4.78, 5) is 61.9. The number of benzene rings is 2. The highest BCUT2D eigenvalue weighted by atomic mass is 32.2. The molecule has 0 fully saturated rings. The minimum absolute atomic E-state index is 0.0229. The molecule has 3 rings (SSSR count). The highest BCUT2D eigenvalue weighted by Gasteiger charge is 2.42. The SMILES string of the molecule is CSC(C)(C)[C@@H](C(=O)N[C@@H](Cc1ccccc1)[C@@H](O)C[C@H](Cc1ccc(-c2ccccn2)cc1)NC(=O)[C@@H](CC(=O)ON)C(C)(C)C)N(C)C(=O)O. The lowest BCUT2D eigenvalue weighted by Crippen LogP contribution is -2.60. The predicted octanol–water partition coefficient (Wildman–Crippen LogP) is 4.84. The molecule has 0 unspecified atom stereocenters. The van der Waals surface area contributed by atoms with E-state index in [1.165, 1.54) is 18.8 Å². The van der Waals surface area contributed by atoms with Gasteiger partial charge in [0.25, 0.3) is 0 Å². The van der Waals surface area contributed by atoms with Gasteiger partial charge in [0.15, 0.2) is 0 Å². The summed E-state index contributed by atoms with van der Waals surface area (Å²) in [5.41, 5.74) is 2.81. The molecule has 6 N–H and O–H groups in total. The van der Waals surface area contributed by atoms with Crippen LogP contribution >= 0.6 is 11.8 Å². The molecule has 52 heavy (non-hydrogen) atoms. The van der Waals surface area contributed by atoms with Crippen LogP contribution in [0.5, 0.6) is 0 Å². The molecule has 0 saturated carbocycles. The first-order valence-corrected chi connectivity index (χ1v) is 18.4. The van der Waals surface area contributed by atoms with Gasteiger partial charge in [0.1, 0.15) is 6.04 Å². The lowest BCUT2D eigenvalue weighted by molar-refractivity contribution is -0.149. The van der Waals surface area contributed by atoms with Crippen LogP contribution in [0.15, 0.2) is 79.0 Å². The highest BCUT2D eigenvalue weighted by Crippen LogP contribution is 2.31. The Balaban J connectivity index is 1.99. The Kier molecular flexibility index (Phi) is 15.2. The van der Waals surface area contributed by atoms with Gasteiger partial charge in [-0.1, -0.05) is 81.4 Å². The Morgan fingerprint density at radius 3 is 2.04 bits per heavy atom. The molecule has 3 aromatic rings. The Labute approximate surface area is 310 Å². The van der Waals surface area contributed by atoms with Gasteiger partial charge in [0.05, 0.1) is 30.2 Å². The lowest BCUT2D eigenvalue weighted by atomic mass is 9.78. The van der Waals surface area contributed by atoms with Crippen LogP contribution in [0.2, 0.25) is 0 Å².